The lowest BCUT2D eigenvalue weighted by molar-refractivity contribution is -0.138. The highest BCUT2D eigenvalue weighted by Gasteiger charge is 2.22. The van der Waals surface area contributed by atoms with Gasteiger partial charge in [0.05, 0.1) is 11.3 Å². The van der Waals surface area contributed by atoms with Gasteiger partial charge in [0.15, 0.2) is 0 Å². The van der Waals surface area contributed by atoms with Crippen molar-refractivity contribution in [1.82, 2.24) is 0 Å². The summed E-state index contributed by atoms with van der Waals surface area (Å²) in [5.74, 6) is -0.967. The van der Waals surface area contributed by atoms with Crippen molar-refractivity contribution in [2.75, 3.05) is 5.32 Å². The zero-order chi connectivity index (χ0) is 13.0. The summed E-state index contributed by atoms with van der Waals surface area (Å²) < 4.78 is 0. The minimum Gasteiger partial charge on any atom is -0.480 e. The van der Waals surface area contributed by atoms with E-state index < -0.39 is 12.0 Å². The van der Waals surface area contributed by atoms with E-state index in [9.17, 15) is 4.79 Å². The zero-order valence-corrected chi connectivity index (χ0v) is 10.2. The average molecular weight is 232 g/mol. The monoisotopic (exact) mass is 232 g/mol. The Morgan fingerprint density at radius 1 is 1.47 bits per heavy atom. The Bertz CT molecular complexity index is 461. The smallest absolute Gasteiger partial charge is 0.326 e. The number of aliphatic carboxylic acids is 1. The molecule has 90 valence electrons. The molecule has 0 amide bonds. The molecule has 0 fully saturated rings. The fraction of sp³-hybridized carbons (Fsp3) is 0.385. The molecule has 0 radical (unpaired) electrons. The molecule has 1 atom stereocenters. The first kappa shape index (κ1) is 13.0. The van der Waals surface area contributed by atoms with Gasteiger partial charge >= 0.3 is 5.97 Å². The van der Waals surface area contributed by atoms with Crippen LogP contribution in [0.1, 0.15) is 25.0 Å². The van der Waals surface area contributed by atoms with E-state index in [0.29, 0.717) is 11.3 Å². The topological polar surface area (TPSA) is 73.1 Å². The molecule has 1 aromatic carbocycles. The summed E-state index contributed by atoms with van der Waals surface area (Å²) in [5, 5.41) is 21.1. The Hall–Kier alpha value is -2.02. The molecule has 0 saturated heterocycles. The normalized spacial score (nSPS) is 11.9. The van der Waals surface area contributed by atoms with E-state index in [1.807, 2.05) is 26.8 Å². The van der Waals surface area contributed by atoms with Gasteiger partial charge in [0.2, 0.25) is 0 Å². The Balaban J connectivity index is 3.10. The third kappa shape index (κ3) is 2.97. The van der Waals surface area contributed by atoms with Crippen LogP contribution < -0.4 is 5.32 Å². The average Bonchev–Trinajstić information content (AvgIpc) is 2.25. The van der Waals surface area contributed by atoms with Crippen molar-refractivity contribution in [3.05, 3.63) is 29.3 Å². The Morgan fingerprint density at radius 3 is 2.59 bits per heavy atom. The maximum Gasteiger partial charge on any atom is 0.326 e. The highest BCUT2D eigenvalue weighted by Crippen LogP contribution is 2.22. The van der Waals surface area contributed by atoms with E-state index in [1.165, 1.54) is 0 Å². The first-order valence-corrected chi connectivity index (χ1v) is 5.46. The van der Waals surface area contributed by atoms with Crippen LogP contribution in [0.3, 0.4) is 0 Å². The van der Waals surface area contributed by atoms with Crippen LogP contribution in [-0.2, 0) is 4.79 Å². The van der Waals surface area contributed by atoms with Crippen molar-refractivity contribution in [3.63, 3.8) is 0 Å². The van der Waals surface area contributed by atoms with Crippen LogP contribution in [0.5, 0.6) is 0 Å². The number of nitriles is 1. The second-order valence-electron chi connectivity index (χ2n) is 4.31. The van der Waals surface area contributed by atoms with E-state index in [-0.39, 0.29) is 5.92 Å². The molecule has 0 heterocycles. The number of nitrogens with one attached hydrogen (secondary N) is 1. The molecule has 4 nitrogen and oxygen atoms in total. The summed E-state index contributed by atoms with van der Waals surface area (Å²) >= 11 is 0. The fourth-order valence-corrected chi connectivity index (χ4v) is 1.62. The maximum absolute atomic E-state index is 11.1. The molecule has 2 N–H and O–H groups in total. The molecule has 0 aliphatic carbocycles. The van der Waals surface area contributed by atoms with Crippen molar-refractivity contribution >= 4 is 11.7 Å². The van der Waals surface area contributed by atoms with Gasteiger partial charge in [-0.2, -0.15) is 5.26 Å². The van der Waals surface area contributed by atoms with E-state index in [0.717, 1.165) is 5.56 Å². The van der Waals surface area contributed by atoms with E-state index in [1.54, 1.807) is 12.1 Å². The number of hydrogen-bond donors (Lipinski definition) is 2. The van der Waals surface area contributed by atoms with Crippen LogP contribution in [0, 0.1) is 24.2 Å². The highest BCUT2D eigenvalue weighted by atomic mass is 16.4. The molecule has 0 aliphatic rings. The summed E-state index contributed by atoms with van der Waals surface area (Å²) in [4.78, 5) is 11.1. The molecule has 1 aromatic rings. The third-order valence-corrected chi connectivity index (χ3v) is 2.63. The molecule has 4 heteroatoms. The fourth-order valence-electron chi connectivity index (χ4n) is 1.62. The number of benzene rings is 1. The lowest BCUT2D eigenvalue weighted by atomic mass is 10.0. The van der Waals surface area contributed by atoms with Crippen LogP contribution in [0.15, 0.2) is 18.2 Å². The first-order valence-electron chi connectivity index (χ1n) is 5.46. The maximum atomic E-state index is 11.1. The van der Waals surface area contributed by atoms with Gasteiger partial charge in [0.1, 0.15) is 12.1 Å². The molecular formula is C13H16N2O2. The van der Waals surface area contributed by atoms with Crippen LogP contribution in [-0.4, -0.2) is 17.1 Å². The largest absolute Gasteiger partial charge is 0.480 e. The molecule has 17 heavy (non-hydrogen) atoms. The van der Waals surface area contributed by atoms with Gasteiger partial charge in [0, 0.05) is 0 Å². The van der Waals surface area contributed by atoms with Gasteiger partial charge in [-0.25, -0.2) is 4.79 Å². The van der Waals surface area contributed by atoms with Crippen LogP contribution in [0.25, 0.3) is 0 Å². The third-order valence-electron chi connectivity index (χ3n) is 2.63. The number of para-hydroxylation sites is 1. The number of aryl methyl sites for hydroxylation is 1. The number of anilines is 1. The quantitative estimate of drug-likeness (QED) is 0.836. The van der Waals surface area contributed by atoms with Gasteiger partial charge in [-0.15, -0.1) is 0 Å². The van der Waals surface area contributed by atoms with E-state index in [2.05, 4.69) is 11.4 Å². The number of nitrogens with zero attached hydrogens (tertiary/aromatic N) is 1. The lowest BCUT2D eigenvalue weighted by Gasteiger charge is -2.21. The second-order valence-corrected chi connectivity index (χ2v) is 4.31. The molecular weight excluding hydrogens is 216 g/mol. The summed E-state index contributed by atoms with van der Waals surface area (Å²) in [5.41, 5.74) is 1.95. The summed E-state index contributed by atoms with van der Waals surface area (Å²) in [6, 6.07) is 6.68. The Labute approximate surface area is 101 Å². The number of carboxylic acids is 1. The second kappa shape index (κ2) is 5.35. The van der Waals surface area contributed by atoms with E-state index >= 15 is 0 Å². The summed E-state index contributed by atoms with van der Waals surface area (Å²) in [7, 11) is 0. The first-order chi connectivity index (χ1) is 7.97. The van der Waals surface area contributed by atoms with Crippen molar-refractivity contribution in [1.29, 1.82) is 5.26 Å². The Kier molecular flexibility index (Phi) is 4.11. The minimum atomic E-state index is -0.910. The molecule has 0 saturated carbocycles. The van der Waals surface area contributed by atoms with Gasteiger partial charge in [-0.05, 0) is 24.5 Å². The Morgan fingerprint density at radius 2 is 2.12 bits per heavy atom. The number of carbonyl (C=O) groups is 1. The highest BCUT2D eigenvalue weighted by molar-refractivity contribution is 5.79. The molecule has 0 aromatic heterocycles. The van der Waals surface area contributed by atoms with Crippen LogP contribution in [0.4, 0.5) is 5.69 Å². The van der Waals surface area contributed by atoms with Crippen molar-refractivity contribution < 1.29 is 9.90 Å². The van der Waals surface area contributed by atoms with Crippen LogP contribution >= 0.6 is 0 Å². The van der Waals surface area contributed by atoms with Crippen molar-refractivity contribution in [2.45, 2.75) is 26.8 Å². The molecule has 1 rings (SSSR count). The van der Waals surface area contributed by atoms with Gasteiger partial charge in [0.25, 0.3) is 0 Å². The minimum absolute atomic E-state index is 0.0568. The van der Waals surface area contributed by atoms with Crippen LogP contribution in [0.2, 0.25) is 0 Å². The number of carboxylic acid groups (broad SMARTS) is 1. The standard InChI is InChI=1S/C13H16N2O2/c1-8(2)11(13(16)17)15-12-9(3)5-4-6-10(12)7-14/h4-6,8,11,15H,1-3H3,(H,16,17). The summed E-state index contributed by atoms with van der Waals surface area (Å²) in [6.07, 6.45) is 0. The van der Waals surface area contributed by atoms with E-state index in [4.69, 9.17) is 10.4 Å². The molecule has 0 bridgehead atoms. The van der Waals surface area contributed by atoms with Gasteiger partial charge in [-0.3, -0.25) is 0 Å². The SMILES string of the molecule is Cc1cccc(C#N)c1NC(C(=O)O)C(C)C. The van der Waals surface area contributed by atoms with Crippen molar-refractivity contribution in [3.8, 4) is 6.07 Å². The predicted octanol–water partition coefficient (Wildman–Crippen LogP) is 2.39. The number of rotatable bonds is 4. The number of hydrogen-bond acceptors (Lipinski definition) is 3. The van der Waals surface area contributed by atoms with Gasteiger partial charge in [-0.1, -0.05) is 26.0 Å². The molecule has 0 spiro atoms. The lowest BCUT2D eigenvalue weighted by Crippen LogP contribution is -2.34. The molecule has 0 aliphatic heterocycles. The zero-order valence-electron chi connectivity index (χ0n) is 10.2. The predicted molar refractivity (Wildman–Crippen MR) is 65.8 cm³/mol. The van der Waals surface area contributed by atoms with Gasteiger partial charge < -0.3 is 10.4 Å². The van der Waals surface area contributed by atoms with Crippen molar-refractivity contribution in [2.24, 2.45) is 5.92 Å². The summed E-state index contributed by atoms with van der Waals surface area (Å²) in [6.45, 7) is 5.51. The molecule has 1 unspecified atom stereocenters.